The summed E-state index contributed by atoms with van der Waals surface area (Å²) < 4.78 is 6.69. The maximum atomic E-state index is 11.0. The number of ether oxygens (including phenoxy) is 1. The van der Waals surface area contributed by atoms with Crippen molar-refractivity contribution < 1.29 is 9.66 Å². The summed E-state index contributed by atoms with van der Waals surface area (Å²) >= 11 is 0. The smallest absolute Gasteiger partial charge is 0.311 e. The Morgan fingerprint density at radius 3 is 2.80 bits per heavy atom. The van der Waals surface area contributed by atoms with Gasteiger partial charge in [0.1, 0.15) is 0 Å². The minimum absolute atomic E-state index is 0.0327. The van der Waals surface area contributed by atoms with E-state index in [9.17, 15) is 10.1 Å². The van der Waals surface area contributed by atoms with Gasteiger partial charge in [0.05, 0.1) is 23.4 Å². The molecule has 0 aliphatic rings. The van der Waals surface area contributed by atoms with Crippen LogP contribution in [-0.2, 0) is 13.6 Å². The van der Waals surface area contributed by atoms with Crippen LogP contribution in [0, 0.1) is 17.0 Å². The van der Waals surface area contributed by atoms with Gasteiger partial charge in [0.15, 0.2) is 5.75 Å². The molecule has 0 fully saturated rings. The zero-order chi connectivity index (χ0) is 14.7. The fraction of sp³-hybridized carbons (Fsp3) is 0.308. The number of nitro benzene ring substituents is 1. The second-order valence-electron chi connectivity index (χ2n) is 4.42. The molecule has 0 saturated heterocycles. The summed E-state index contributed by atoms with van der Waals surface area (Å²) in [6.07, 6.45) is 1.87. The maximum Gasteiger partial charge on any atom is 0.311 e. The molecule has 1 aromatic carbocycles. The standard InChI is InChI=1S/C13H16N4O3/c1-9-11(8-16(2)15-9)14-7-10-4-5-13(20-3)12(6-10)17(18)19/h4-6,8,14H,7H2,1-3H3. The van der Waals surface area contributed by atoms with Crippen LogP contribution in [0.3, 0.4) is 0 Å². The van der Waals surface area contributed by atoms with Gasteiger partial charge in [-0.25, -0.2) is 0 Å². The third kappa shape index (κ3) is 2.87. The first kappa shape index (κ1) is 13.9. The number of methoxy groups -OCH3 is 1. The van der Waals surface area contributed by atoms with Crippen molar-refractivity contribution in [2.45, 2.75) is 13.5 Å². The number of nitrogens with zero attached hydrogens (tertiary/aromatic N) is 3. The van der Waals surface area contributed by atoms with E-state index in [-0.39, 0.29) is 11.4 Å². The van der Waals surface area contributed by atoms with Crippen molar-refractivity contribution in [2.24, 2.45) is 7.05 Å². The van der Waals surface area contributed by atoms with Gasteiger partial charge in [-0.2, -0.15) is 5.10 Å². The number of anilines is 1. The van der Waals surface area contributed by atoms with Gasteiger partial charge in [-0.15, -0.1) is 0 Å². The van der Waals surface area contributed by atoms with Crippen molar-refractivity contribution >= 4 is 11.4 Å². The predicted octanol–water partition coefficient (Wildman–Crippen LogP) is 2.26. The van der Waals surface area contributed by atoms with Gasteiger partial charge in [0.25, 0.3) is 0 Å². The number of nitrogens with one attached hydrogen (secondary N) is 1. The Balaban J connectivity index is 2.16. The highest BCUT2D eigenvalue weighted by molar-refractivity contribution is 5.51. The maximum absolute atomic E-state index is 11.0. The summed E-state index contributed by atoms with van der Waals surface area (Å²) in [5, 5.41) is 18.4. The molecule has 0 aliphatic heterocycles. The van der Waals surface area contributed by atoms with Crippen molar-refractivity contribution in [2.75, 3.05) is 12.4 Å². The van der Waals surface area contributed by atoms with Crippen LogP contribution < -0.4 is 10.1 Å². The fourth-order valence-corrected chi connectivity index (χ4v) is 1.96. The van der Waals surface area contributed by atoms with Gasteiger partial charge in [-0.1, -0.05) is 6.07 Å². The number of nitro groups is 1. The van der Waals surface area contributed by atoms with Gasteiger partial charge in [-0.3, -0.25) is 14.8 Å². The quantitative estimate of drug-likeness (QED) is 0.669. The molecule has 0 spiro atoms. The molecular formula is C13H16N4O3. The number of hydrogen-bond acceptors (Lipinski definition) is 5. The first-order chi connectivity index (χ1) is 9.51. The average Bonchev–Trinajstić information content (AvgIpc) is 2.74. The molecule has 1 heterocycles. The predicted molar refractivity (Wildman–Crippen MR) is 74.9 cm³/mol. The van der Waals surface area contributed by atoms with Crippen LogP contribution in [0.4, 0.5) is 11.4 Å². The number of rotatable bonds is 5. The van der Waals surface area contributed by atoms with Crippen LogP contribution in [0.2, 0.25) is 0 Å². The number of hydrogen-bond donors (Lipinski definition) is 1. The highest BCUT2D eigenvalue weighted by Crippen LogP contribution is 2.27. The Kier molecular flexibility index (Phi) is 3.88. The van der Waals surface area contributed by atoms with E-state index < -0.39 is 4.92 Å². The van der Waals surface area contributed by atoms with E-state index in [0.717, 1.165) is 16.9 Å². The second-order valence-corrected chi connectivity index (χ2v) is 4.42. The molecule has 1 aromatic heterocycles. The van der Waals surface area contributed by atoms with Crippen molar-refractivity contribution in [1.29, 1.82) is 0 Å². The van der Waals surface area contributed by atoms with Gasteiger partial charge in [0, 0.05) is 25.9 Å². The van der Waals surface area contributed by atoms with E-state index in [0.29, 0.717) is 6.54 Å². The minimum atomic E-state index is -0.447. The molecule has 0 atom stereocenters. The van der Waals surface area contributed by atoms with Gasteiger partial charge in [-0.05, 0) is 18.6 Å². The second kappa shape index (κ2) is 5.60. The molecule has 0 radical (unpaired) electrons. The van der Waals surface area contributed by atoms with Crippen LogP contribution in [0.1, 0.15) is 11.3 Å². The summed E-state index contributed by atoms with van der Waals surface area (Å²) in [5.41, 5.74) is 2.57. The lowest BCUT2D eigenvalue weighted by molar-refractivity contribution is -0.385. The fourth-order valence-electron chi connectivity index (χ4n) is 1.96. The Morgan fingerprint density at radius 1 is 1.50 bits per heavy atom. The highest BCUT2D eigenvalue weighted by atomic mass is 16.6. The van der Waals surface area contributed by atoms with Crippen LogP contribution >= 0.6 is 0 Å². The highest BCUT2D eigenvalue weighted by Gasteiger charge is 2.15. The number of aryl methyl sites for hydroxylation is 2. The normalized spacial score (nSPS) is 10.3. The molecule has 7 heteroatoms. The Labute approximate surface area is 116 Å². The molecule has 0 unspecified atom stereocenters. The lowest BCUT2D eigenvalue weighted by Crippen LogP contribution is -2.01. The Hall–Kier alpha value is -2.57. The van der Waals surface area contributed by atoms with E-state index in [1.165, 1.54) is 13.2 Å². The molecule has 2 rings (SSSR count). The molecule has 7 nitrogen and oxygen atoms in total. The van der Waals surface area contributed by atoms with E-state index in [2.05, 4.69) is 10.4 Å². The lowest BCUT2D eigenvalue weighted by Gasteiger charge is -2.07. The van der Waals surface area contributed by atoms with E-state index in [1.807, 2.05) is 20.2 Å². The number of benzene rings is 1. The third-order valence-corrected chi connectivity index (χ3v) is 2.94. The van der Waals surface area contributed by atoms with Crippen LogP contribution in [0.25, 0.3) is 0 Å². The first-order valence-corrected chi connectivity index (χ1v) is 6.06. The zero-order valence-electron chi connectivity index (χ0n) is 11.6. The molecular weight excluding hydrogens is 260 g/mol. The van der Waals surface area contributed by atoms with E-state index >= 15 is 0 Å². The Morgan fingerprint density at radius 2 is 2.25 bits per heavy atom. The molecule has 106 valence electrons. The average molecular weight is 276 g/mol. The monoisotopic (exact) mass is 276 g/mol. The topological polar surface area (TPSA) is 82.2 Å². The van der Waals surface area contributed by atoms with Crippen molar-refractivity contribution in [1.82, 2.24) is 9.78 Å². The van der Waals surface area contributed by atoms with E-state index in [4.69, 9.17) is 4.74 Å². The van der Waals surface area contributed by atoms with Crippen molar-refractivity contribution in [3.63, 3.8) is 0 Å². The van der Waals surface area contributed by atoms with Crippen LogP contribution in [0.5, 0.6) is 5.75 Å². The first-order valence-electron chi connectivity index (χ1n) is 6.06. The van der Waals surface area contributed by atoms with Crippen LogP contribution in [-0.4, -0.2) is 21.8 Å². The largest absolute Gasteiger partial charge is 0.490 e. The summed E-state index contributed by atoms with van der Waals surface area (Å²) in [7, 11) is 3.26. The van der Waals surface area contributed by atoms with Crippen molar-refractivity contribution in [3.8, 4) is 5.75 Å². The molecule has 0 aliphatic carbocycles. The molecule has 0 bridgehead atoms. The molecule has 2 aromatic rings. The Bertz CT molecular complexity index is 637. The van der Waals surface area contributed by atoms with Gasteiger partial charge < -0.3 is 10.1 Å². The number of aromatic nitrogens is 2. The lowest BCUT2D eigenvalue weighted by atomic mass is 10.2. The summed E-state index contributed by atoms with van der Waals surface area (Å²) in [4.78, 5) is 10.5. The minimum Gasteiger partial charge on any atom is -0.490 e. The van der Waals surface area contributed by atoms with Gasteiger partial charge in [0.2, 0.25) is 0 Å². The third-order valence-electron chi connectivity index (χ3n) is 2.94. The van der Waals surface area contributed by atoms with Crippen molar-refractivity contribution in [3.05, 3.63) is 45.8 Å². The molecule has 0 saturated carbocycles. The summed E-state index contributed by atoms with van der Waals surface area (Å²) in [6, 6.07) is 4.91. The van der Waals surface area contributed by atoms with Crippen LogP contribution in [0.15, 0.2) is 24.4 Å². The molecule has 1 N–H and O–H groups in total. The summed E-state index contributed by atoms with van der Waals surface area (Å²) in [5.74, 6) is 0.260. The molecule has 0 amide bonds. The molecule has 20 heavy (non-hydrogen) atoms. The zero-order valence-corrected chi connectivity index (χ0v) is 11.6. The van der Waals surface area contributed by atoms with E-state index in [1.54, 1.807) is 16.8 Å². The van der Waals surface area contributed by atoms with Gasteiger partial charge >= 0.3 is 5.69 Å². The SMILES string of the molecule is COc1ccc(CNc2cn(C)nc2C)cc1[N+](=O)[O-]. The summed E-state index contributed by atoms with van der Waals surface area (Å²) in [6.45, 7) is 2.39.